The first-order valence-electron chi connectivity index (χ1n) is 8.63. The summed E-state index contributed by atoms with van der Waals surface area (Å²) in [5.41, 5.74) is 0.0168. The molecule has 10 heteroatoms. The highest BCUT2D eigenvalue weighted by Crippen LogP contribution is 2.20. The van der Waals surface area contributed by atoms with Crippen molar-refractivity contribution in [2.75, 3.05) is 18.4 Å². The third-order valence-corrected chi connectivity index (χ3v) is 5.41. The highest BCUT2D eigenvalue weighted by Gasteiger charge is 2.18. The van der Waals surface area contributed by atoms with Crippen molar-refractivity contribution < 1.29 is 22.9 Å². The summed E-state index contributed by atoms with van der Waals surface area (Å²) in [6.07, 6.45) is 4.38. The Balaban J connectivity index is 2.21. The fraction of sp³-hybridized carbons (Fsp3) is 0.333. The summed E-state index contributed by atoms with van der Waals surface area (Å²) in [7, 11) is -4.41. The summed E-state index contributed by atoms with van der Waals surface area (Å²) < 4.78 is 31.6. The van der Waals surface area contributed by atoms with Crippen LogP contribution < -0.4 is 5.32 Å². The van der Waals surface area contributed by atoms with Gasteiger partial charge in [-0.25, -0.2) is 0 Å². The van der Waals surface area contributed by atoms with Crippen LogP contribution >= 0.6 is 12.6 Å². The minimum atomic E-state index is -4.41. The van der Waals surface area contributed by atoms with E-state index in [0.717, 1.165) is 38.4 Å². The van der Waals surface area contributed by atoms with Crippen LogP contribution in [0.3, 0.4) is 0 Å². The molecule has 0 saturated carbocycles. The second kappa shape index (κ2) is 9.26. The Morgan fingerprint density at radius 1 is 1.29 bits per heavy atom. The summed E-state index contributed by atoms with van der Waals surface area (Å²) in [4.78, 5) is 14.3. The zero-order chi connectivity index (χ0) is 20.9. The highest BCUT2D eigenvalue weighted by atomic mass is 32.2. The zero-order valence-electron chi connectivity index (χ0n) is 15.3. The average molecular weight is 426 g/mol. The molecule has 28 heavy (non-hydrogen) atoms. The number of piperidine rings is 1. The van der Waals surface area contributed by atoms with E-state index in [4.69, 9.17) is 9.96 Å². The maximum Gasteiger partial charge on any atom is 0.294 e. The van der Waals surface area contributed by atoms with Gasteiger partial charge in [0.05, 0.1) is 10.5 Å². The number of aliphatic hydroxyl groups excluding tert-OH is 1. The van der Waals surface area contributed by atoms with Gasteiger partial charge in [-0.1, -0.05) is 6.07 Å². The van der Waals surface area contributed by atoms with Crippen LogP contribution in [0.4, 0.5) is 5.69 Å². The molecular weight excluding hydrogens is 402 g/mol. The summed E-state index contributed by atoms with van der Waals surface area (Å²) in [5.74, 6) is -0.810. The Kier molecular flexibility index (Phi) is 7.28. The van der Waals surface area contributed by atoms with Gasteiger partial charge in [0.15, 0.2) is 0 Å². The van der Waals surface area contributed by atoms with Crippen molar-refractivity contribution in [2.45, 2.75) is 31.1 Å². The van der Waals surface area contributed by atoms with Gasteiger partial charge in [0.25, 0.3) is 16.0 Å². The summed E-state index contributed by atoms with van der Waals surface area (Å²) in [6, 6.07) is 5.08. The normalized spacial score (nSPS) is 16.4. The standard InChI is InChI=1S/C18H23N3O5S2/c1-12(22)15(11-16(27)17(19)21-8-3-2-4-9-21)18(23)20-13-6-5-7-14(10-13)28(24,25)26/h5-7,10-11,19,22,27H,2-4,8-9H2,1H3,(H,20,23)(H,24,25,26). The number of hydrogen-bond donors (Lipinski definition) is 5. The molecule has 1 fully saturated rings. The molecule has 0 spiro atoms. The van der Waals surface area contributed by atoms with Crippen LogP contribution in [0.25, 0.3) is 0 Å². The third kappa shape index (κ3) is 5.85. The number of rotatable bonds is 5. The van der Waals surface area contributed by atoms with E-state index in [2.05, 4.69) is 17.9 Å². The number of allylic oxidation sites excluding steroid dienone is 1. The monoisotopic (exact) mass is 425 g/mol. The molecule has 1 aliphatic heterocycles. The molecular formula is C18H23N3O5S2. The Labute approximate surface area is 169 Å². The third-order valence-electron chi connectivity index (χ3n) is 4.22. The maximum absolute atomic E-state index is 12.5. The summed E-state index contributed by atoms with van der Waals surface area (Å²) in [6.45, 7) is 2.80. The van der Waals surface area contributed by atoms with Crippen molar-refractivity contribution in [1.29, 1.82) is 5.41 Å². The molecule has 1 saturated heterocycles. The first kappa shape index (κ1) is 22.0. The molecule has 1 amide bonds. The van der Waals surface area contributed by atoms with Crippen LogP contribution in [0, 0.1) is 5.41 Å². The Morgan fingerprint density at radius 3 is 2.50 bits per heavy atom. The topological polar surface area (TPSA) is 131 Å². The second-order valence-electron chi connectivity index (χ2n) is 6.38. The van der Waals surface area contributed by atoms with Crippen molar-refractivity contribution >= 4 is 40.2 Å². The Hall–Kier alpha value is -2.30. The smallest absolute Gasteiger partial charge is 0.294 e. The van der Waals surface area contributed by atoms with Crippen molar-refractivity contribution in [3.63, 3.8) is 0 Å². The number of nitrogens with zero attached hydrogens (tertiary/aromatic N) is 1. The first-order valence-corrected chi connectivity index (χ1v) is 10.5. The van der Waals surface area contributed by atoms with Crippen molar-refractivity contribution in [2.24, 2.45) is 0 Å². The van der Waals surface area contributed by atoms with Crippen LogP contribution in [0.15, 0.2) is 51.5 Å². The number of aliphatic hydroxyl groups is 1. The van der Waals surface area contributed by atoms with Gasteiger partial charge in [-0.3, -0.25) is 14.8 Å². The van der Waals surface area contributed by atoms with Crippen molar-refractivity contribution in [1.82, 2.24) is 4.90 Å². The average Bonchev–Trinajstić information content (AvgIpc) is 2.65. The van der Waals surface area contributed by atoms with E-state index < -0.39 is 16.0 Å². The van der Waals surface area contributed by atoms with E-state index in [1.165, 1.54) is 31.2 Å². The lowest BCUT2D eigenvalue weighted by molar-refractivity contribution is -0.112. The molecule has 1 aliphatic rings. The largest absolute Gasteiger partial charge is 0.512 e. The van der Waals surface area contributed by atoms with Crippen LogP contribution in [-0.2, 0) is 14.9 Å². The lowest BCUT2D eigenvalue weighted by Gasteiger charge is -2.29. The van der Waals surface area contributed by atoms with E-state index in [1.54, 1.807) is 0 Å². The quantitative estimate of drug-likeness (QED) is 0.0937. The predicted molar refractivity (Wildman–Crippen MR) is 110 cm³/mol. The molecule has 0 radical (unpaired) electrons. The van der Waals surface area contributed by atoms with Gasteiger partial charge in [0, 0.05) is 23.7 Å². The number of amides is 1. The fourth-order valence-corrected chi connectivity index (χ4v) is 3.55. The molecule has 4 N–H and O–H groups in total. The number of anilines is 1. The zero-order valence-corrected chi connectivity index (χ0v) is 17.1. The van der Waals surface area contributed by atoms with Crippen LogP contribution in [0.5, 0.6) is 0 Å². The van der Waals surface area contributed by atoms with Gasteiger partial charge < -0.3 is 15.3 Å². The van der Waals surface area contributed by atoms with E-state index in [1.807, 2.05) is 4.90 Å². The van der Waals surface area contributed by atoms with Gasteiger partial charge in [-0.05, 0) is 50.5 Å². The molecule has 0 aromatic heterocycles. The van der Waals surface area contributed by atoms with Gasteiger partial charge in [-0.2, -0.15) is 8.42 Å². The van der Waals surface area contributed by atoms with Crippen LogP contribution in [0.1, 0.15) is 26.2 Å². The number of nitrogens with one attached hydrogen (secondary N) is 2. The number of thiol groups is 1. The number of benzene rings is 1. The number of likely N-dealkylation sites (tertiary alicyclic amines) is 1. The molecule has 0 bridgehead atoms. The molecule has 0 unspecified atom stereocenters. The molecule has 1 aromatic carbocycles. The van der Waals surface area contributed by atoms with Crippen molar-refractivity contribution in [3.05, 3.63) is 46.6 Å². The van der Waals surface area contributed by atoms with Gasteiger partial charge in [0.1, 0.15) is 11.6 Å². The van der Waals surface area contributed by atoms with Gasteiger partial charge in [0.2, 0.25) is 0 Å². The van der Waals surface area contributed by atoms with Crippen LogP contribution in [-0.4, -0.2) is 47.8 Å². The minimum Gasteiger partial charge on any atom is -0.512 e. The van der Waals surface area contributed by atoms with Gasteiger partial charge in [-0.15, -0.1) is 12.6 Å². The number of hydrogen-bond acceptors (Lipinski definition) is 6. The fourth-order valence-electron chi connectivity index (χ4n) is 2.75. The highest BCUT2D eigenvalue weighted by molar-refractivity contribution is 7.86. The van der Waals surface area contributed by atoms with E-state index in [-0.39, 0.29) is 32.7 Å². The molecule has 8 nitrogen and oxygen atoms in total. The molecule has 0 atom stereocenters. The summed E-state index contributed by atoms with van der Waals surface area (Å²) >= 11 is 4.30. The predicted octanol–water partition coefficient (Wildman–Crippen LogP) is 2.98. The van der Waals surface area contributed by atoms with E-state index in [9.17, 15) is 18.3 Å². The molecule has 2 rings (SSSR count). The van der Waals surface area contributed by atoms with E-state index >= 15 is 0 Å². The number of carbonyl (C=O) groups is 1. The molecule has 1 aromatic rings. The van der Waals surface area contributed by atoms with Gasteiger partial charge >= 0.3 is 0 Å². The Morgan fingerprint density at radius 2 is 1.93 bits per heavy atom. The van der Waals surface area contributed by atoms with Crippen LogP contribution in [0.2, 0.25) is 0 Å². The lowest BCUT2D eigenvalue weighted by atomic mass is 10.1. The molecule has 1 heterocycles. The molecule has 152 valence electrons. The number of amidine groups is 1. The molecule has 0 aliphatic carbocycles. The minimum absolute atomic E-state index is 0.107. The lowest BCUT2D eigenvalue weighted by Crippen LogP contribution is -2.35. The number of carbonyl (C=O) groups excluding carboxylic acids is 1. The maximum atomic E-state index is 12.5. The summed E-state index contributed by atoms with van der Waals surface area (Å²) in [5, 5.41) is 20.6. The second-order valence-corrected chi connectivity index (χ2v) is 8.29. The Bertz CT molecular complexity index is 928. The van der Waals surface area contributed by atoms with E-state index in [0.29, 0.717) is 0 Å². The van der Waals surface area contributed by atoms with Crippen molar-refractivity contribution in [3.8, 4) is 0 Å². The first-order chi connectivity index (χ1) is 13.1. The SMILES string of the molecule is CC(O)=C(C=C(S)C(=N)N1CCCCC1)C(=O)Nc1cccc(S(=O)(=O)O)c1.